The van der Waals surface area contributed by atoms with Gasteiger partial charge in [0, 0.05) is 26.7 Å². The van der Waals surface area contributed by atoms with Crippen LogP contribution < -0.4 is 11.1 Å². The second-order valence-electron chi connectivity index (χ2n) is 4.48. The average molecular weight is 244 g/mol. The molecule has 0 saturated carbocycles. The summed E-state index contributed by atoms with van der Waals surface area (Å²) in [4.78, 5) is 11.7. The quantitative estimate of drug-likeness (QED) is 0.681. The molecule has 1 aliphatic rings. The van der Waals surface area contributed by atoms with Crippen molar-refractivity contribution in [3.05, 3.63) is 0 Å². The fourth-order valence-electron chi connectivity index (χ4n) is 2.00. The van der Waals surface area contributed by atoms with Gasteiger partial charge in [0.25, 0.3) is 0 Å². The van der Waals surface area contributed by atoms with Crippen molar-refractivity contribution in [2.24, 2.45) is 5.73 Å². The van der Waals surface area contributed by atoms with Crippen LogP contribution in [-0.2, 0) is 14.3 Å². The summed E-state index contributed by atoms with van der Waals surface area (Å²) < 4.78 is 10.5. The first kappa shape index (κ1) is 14.4. The summed E-state index contributed by atoms with van der Waals surface area (Å²) in [5.41, 5.74) is 5.53. The number of nitrogens with one attached hydrogen (secondary N) is 1. The van der Waals surface area contributed by atoms with E-state index in [0.29, 0.717) is 19.6 Å². The smallest absolute Gasteiger partial charge is 0.220 e. The zero-order chi connectivity index (χ0) is 12.5. The number of hydrogen-bond donors (Lipinski definition) is 2. The third-order valence-corrected chi connectivity index (χ3v) is 2.98. The van der Waals surface area contributed by atoms with Crippen LogP contribution in [0.3, 0.4) is 0 Å². The van der Waals surface area contributed by atoms with Gasteiger partial charge >= 0.3 is 0 Å². The molecule has 0 aromatic rings. The molecule has 100 valence electrons. The number of carbonyl (C=O) groups excluding carboxylic acids is 1. The molecule has 17 heavy (non-hydrogen) atoms. The van der Waals surface area contributed by atoms with Crippen molar-refractivity contribution in [2.75, 3.05) is 26.9 Å². The molecule has 1 heterocycles. The van der Waals surface area contributed by atoms with E-state index in [4.69, 9.17) is 15.2 Å². The van der Waals surface area contributed by atoms with E-state index in [-0.39, 0.29) is 18.1 Å². The maximum absolute atomic E-state index is 11.7. The van der Waals surface area contributed by atoms with Gasteiger partial charge < -0.3 is 20.5 Å². The number of rotatable bonds is 7. The van der Waals surface area contributed by atoms with Gasteiger partial charge in [-0.05, 0) is 25.7 Å². The van der Waals surface area contributed by atoms with Crippen LogP contribution >= 0.6 is 0 Å². The highest BCUT2D eigenvalue weighted by Crippen LogP contribution is 2.16. The van der Waals surface area contributed by atoms with E-state index in [0.717, 1.165) is 25.9 Å². The Morgan fingerprint density at radius 3 is 3.00 bits per heavy atom. The van der Waals surface area contributed by atoms with Crippen molar-refractivity contribution in [1.29, 1.82) is 0 Å². The molecule has 2 atom stereocenters. The van der Waals surface area contributed by atoms with Crippen LogP contribution in [0.2, 0.25) is 0 Å². The van der Waals surface area contributed by atoms with Crippen molar-refractivity contribution >= 4 is 5.91 Å². The zero-order valence-corrected chi connectivity index (χ0v) is 10.6. The van der Waals surface area contributed by atoms with Gasteiger partial charge in [-0.1, -0.05) is 0 Å². The minimum absolute atomic E-state index is 0.0340. The molecule has 1 amide bonds. The molecular formula is C12H24N2O3. The molecule has 1 aliphatic heterocycles. The first-order valence-corrected chi connectivity index (χ1v) is 6.36. The second-order valence-corrected chi connectivity index (χ2v) is 4.48. The van der Waals surface area contributed by atoms with E-state index >= 15 is 0 Å². The predicted molar refractivity (Wildman–Crippen MR) is 65.7 cm³/mol. The van der Waals surface area contributed by atoms with E-state index in [2.05, 4.69) is 5.32 Å². The Labute approximate surface area is 103 Å². The van der Waals surface area contributed by atoms with E-state index < -0.39 is 0 Å². The van der Waals surface area contributed by atoms with E-state index in [1.54, 1.807) is 7.11 Å². The lowest BCUT2D eigenvalue weighted by molar-refractivity contribution is -0.123. The Balaban J connectivity index is 2.14. The third-order valence-electron chi connectivity index (χ3n) is 2.98. The molecule has 0 aromatic carbocycles. The molecule has 1 saturated heterocycles. The van der Waals surface area contributed by atoms with Gasteiger partial charge in [0.15, 0.2) is 0 Å². The maximum atomic E-state index is 11.7. The summed E-state index contributed by atoms with van der Waals surface area (Å²) in [6.07, 6.45) is 4.99. The lowest BCUT2D eigenvalue weighted by Crippen LogP contribution is -2.43. The lowest BCUT2D eigenvalue weighted by Gasteiger charge is -2.22. The van der Waals surface area contributed by atoms with Crippen molar-refractivity contribution in [1.82, 2.24) is 5.32 Å². The molecule has 0 aromatic heterocycles. The van der Waals surface area contributed by atoms with Crippen LogP contribution in [0.15, 0.2) is 0 Å². The molecule has 5 nitrogen and oxygen atoms in total. The average Bonchev–Trinajstić information content (AvgIpc) is 2.37. The summed E-state index contributed by atoms with van der Waals surface area (Å²) >= 11 is 0. The van der Waals surface area contributed by atoms with Crippen LogP contribution in [0.25, 0.3) is 0 Å². The summed E-state index contributed by atoms with van der Waals surface area (Å²) in [6.45, 7) is 1.70. The molecule has 3 N–H and O–H groups in total. The largest absolute Gasteiger partial charge is 0.383 e. The summed E-state index contributed by atoms with van der Waals surface area (Å²) in [6, 6.07) is -0.0835. The first-order valence-electron chi connectivity index (χ1n) is 6.36. The normalized spacial score (nSPS) is 22.1. The minimum atomic E-state index is -0.0835. The highest BCUT2D eigenvalue weighted by atomic mass is 16.5. The highest BCUT2D eigenvalue weighted by Gasteiger charge is 2.16. The van der Waals surface area contributed by atoms with Gasteiger partial charge in [0.05, 0.1) is 18.8 Å². The minimum Gasteiger partial charge on any atom is -0.383 e. The van der Waals surface area contributed by atoms with Gasteiger partial charge in [-0.25, -0.2) is 0 Å². The van der Waals surface area contributed by atoms with Gasteiger partial charge in [0.1, 0.15) is 0 Å². The van der Waals surface area contributed by atoms with E-state index in [1.807, 2.05) is 0 Å². The number of amides is 1. The van der Waals surface area contributed by atoms with Gasteiger partial charge in [-0.2, -0.15) is 0 Å². The molecule has 5 heteroatoms. The molecule has 2 unspecified atom stereocenters. The lowest BCUT2D eigenvalue weighted by atomic mass is 10.0. The Hall–Kier alpha value is -0.650. The van der Waals surface area contributed by atoms with Crippen LogP contribution in [0.1, 0.15) is 32.1 Å². The zero-order valence-electron chi connectivity index (χ0n) is 10.6. The molecule has 1 fully saturated rings. The fourth-order valence-corrected chi connectivity index (χ4v) is 2.00. The maximum Gasteiger partial charge on any atom is 0.220 e. The molecule has 0 radical (unpaired) electrons. The SMILES string of the molecule is COCC(CN)NC(=O)CCC1CCCCO1. The van der Waals surface area contributed by atoms with Crippen molar-refractivity contribution in [2.45, 2.75) is 44.2 Å². The Morgan fingerprint density at radius 2 is 2.41 bits per heavy atom. The first-order chi connectivity index (χ1) is 8.26. The topological polar surface area (TPSA) is 73.6 Å². The second kappa shape index (κ2) is 8.44. The van der Waals surface area contributed by atoms with E-state index in [9.17, 15) is 4.79 Å². The monoisotopic (exact) mass is 244 g/mol. The highest BCUT2D eigenvalue weighted by molar-refractivity contribution is 5.76. The van der Waals surface area contributed by atoms with Crippen molar-refractivity contribution in [3.63, 3.8) is 0 Å². The summed E-state index contributed by atoms with van der Waals surface area (Å²) in [5, 5.41) is 2.86. The molecule has 0 aliphatic carbocycles. The summed E-state index contributed by atoms with van der Waals surface area (Å²) in [5.74, 6) is 0.0340. The van der Waals surface area contributed by atoms with Crippen LogP contribution in [0.5, 0.6) is 0 Å². The summed E-state index contributed by atoms with van der Waals surface area (Å²) in [7, 11) is 1.60. The Bertz CT molecular complexity index is 218. The molecule has 1 rings (SSSR count). The van der Waals surface area contributed by atoms with Gasteiger partial charge in [0.2, 0.25) is 5.91 Å². The van der Waals surface area contributed by atoms with E-state index in [1.165, 1.54) is 6.42 Å². The number of carbonyl (C=O) groups is 1. The fraction of sp³-hybridized carbons (Fsp3) is 0.917. The van der Waals surface area contributed by atoms with Crippen LogP contribution in [0, 0.1) is 0 Å². The van der Waals surface area contributed by atoms with Gasteiger partial charge in [-0.15, -0.1) is 0 Å². The predicted octanol–water partition coefficient (Wildman–Crippen LogP) is 0.426. The van der Waals surface area contributed by atoms with Crippen LogP contribution in [0.4, 0.5) is 0 Å². The number of methoxy groups -OCH3 is 1. The molecule has 0 bridgehead atoms. The number of hydrogen-bond acceptors (Lipinski definition) is 4. The van der Waals surface area contributed by atoms with Crippen LogP contribution in [-0.4, -0.2) is 44.9 Å². The van der Waals surface area contributed by atoms with Crippen molar-refractivity contribution < 1.29 is 14.3 Å². The Kier molecular flexibility index (Phi) is 7.16. The van der Waals surface area contributed by atoms with Crippen molar-refractivity contribution in [3.8, 4) is 0 Å². The van der Waals surface area contributed by atoms with Gasteiger partial charge in [-0.3, -0.25) is 4.79 Å². The Morgan fingerprint density at radius 1 is 1.59 bits per heavy atom. The molecule has 0 spiro atoms. The number of ether oxygens (including phenoxy) is 2. The number of nitrogens with two attached hydrogens (primary N) is 1. The third kappa shape index (κ3) is 6.00. The molecular weight excluding hydrogens is 220 g/mol. The standard InChI is InChI=1S/C12H24N2O3/c1-16-9-10(8-13)14-12(15)6-5-11-4-2-3-7-17-11/h10-11H,2-9,13H2,1H3,(H,14,15).